The van der Waals surface area contributed by atoms with Gasteiger partial charge >= 0.3 is 0 Å². The van der Waals surface area contributed by atoms with Crippen molar-refractivity contribution in [3.05, 3.63) is 35.6 Å². The Labute approximate surface area is 95.7 Å². The minimum absolute atomic E-state index is 0.147. The largest absolute Gasteiger partial charge is 0.396 e. The zero-order valence-corrected chi connectivity index (χ0v) is 9.40. The molecule has 88 valence electrons. The van der Waals surface area contributed by atoms with Gasteiger partial charge in [0.15, 0.2) is 0 Å². The number of aliphatic hydroxyl groups excluding tert-OH is 1. The molecule has 0 bridgehead atoms. The predicted molar refractivity (Wildman–Crippen MR) is 61.9 cm³/mol. The highest BCUT2D eigenvalue weighted by Crippen LogP contribution is 2.27. The van der Waals surface area contributed by atoms with E-state index in [1.54, 1.807) is 12.1 Å². The topological polar surface area (TPSA) is 23.5 Å². The van der Waals surface area contributed by atoms with Crippen LogP contribution in [0, 0.1) is 5.82 Å². The summed E-state index contributed by atoms with van der Waals surface area (Å²) in [5.41, 5.74) is 1.10. The monoisotopic (exact) mass is 223 g/mol. The van der Waals surface area contributed by atoms with Gasteiger partial charge < -0.3 is 10.0 Å². The lowest BCUT2D eigenvalue weighted by atomic mass is 9.98. The molecule has 1 aliphatic heterocycles. The van der Waals surface area contributed by atoms with E-state index in [0.717, 1.165) is 38.0 Å². The molecule has 1 fully saturated rings. The van der Waals surface area contributed by atoms with E-state index in [1.807, 2.05) is 6.07 Å². The molecular formula is C13H18FNO. The van der Waals surface area contributed by atoms with Crippen LogP contribution >= 0.6 is 0 Å². The molecule has 1 saturated heterocycles. The van der Waals surface area contributed by atoms with Crippen molar-refractivity contribution in [1.29, 1.82) is 0 Å². The number of likely N-dealkylation sites (tertiary alicyclic amines) is 1. The lowest BCUT2D eigenvalue weighted by molar-refractivity contribution is 0.246. The van der Waals surface area contributed by atoms with Gasteiger partial charge in [0.2, 0.25) is 0 Å². The Hall–Kier alpha value is -0.930. The molecule has 1 N–H and O–H groups in total. The first-order valence-corrected chi connectivity index (χ1v) is 5.88. The fourth-order valence-corrected chi connectivity index (χ4v) is 2.36. The van der Waals surface area contributed by atoms with Gasteiger partial charge in [0, 0.05) is 19.7 Å². The van der Waals surface area contributed by atoms with E-state index in [-0.39, 0.29) is 12.4 Å². The Kier molecular flexibility index (Phi) is 3.91. The second-order valence-corrected chi connectivity index (χ2v) is 4.42. The Bertz CT molecular complexity index is 342. The van der Waals surface area contributed by atoms with Crippen LogP contribution in [-0.2, 0) is 0 Å². The van der Waals surface area contributed by atoms with E-state index in [9.17, 15) is 4.39 Å². The minimum Gasteiger partial charge on any atom is -0.396 e. The summed E-state index contributed by atoms with van der Waals surface area (Å²) in [5.74, 6) is 0.306. The van der Waals surface area contributed by atoms with E-state index in [2.05, 4.69) is 4.90 Å². The summed E-state index contributed by atoms with van der Waals surface area (Å²) >= 11 is 0. The van der Waals surface area contributed by atoms with Gasteiger partial charge in [-0.2, -0.15) is 0 Å². The van der Waals surface area contributed by atoms with E-state index in [1.165, 1.54) is 6.07 Å². The van der Waals surface area contributed by atoms with Gasteiger partial charge in [0.25, 0.3) is 0 Å². The third-order valence-corrected chi connectivity index (χ3v) is 3.22. The van der Waals surface area contributed by atoms with Crippen LogP contribution in [0.15, 0.2) is 24.3 Å². The summed E-state index contributed by atoms with van der Waals surface area (Å²) < 4.78 is 13.1. The highest BCUT2D eigenvalue weighted by Gasteiger charge is 2.23. The molecule has 0 spiro atoms. The molecule has 1 aromatic rings. The van der Waals surface area contributed by atoms with Gasteiger partial charge in [-0.25, -0.2) is 4.39 Å². The van der Waals surface area contributed by atoms with Crippen LogP contribution in [0.1, 0.15) is 24.3 Å². The van der Waals surface area contributed by atoms with Crippen molar-refractivity contribution in [2.45, 2.75) is 18.8 Å². The number of benzene rings is 1. The fourth-order valence-electron chi connectivity index (χ4n) is 2.36. The van der Waals surface area contributed by atoms with E-state index in [0.29, 0.717) is 5.92 Å². The molecule has 1 heterocycles. The molecule has 1 aliphatic rings. The van der Waals surface area contributed by atoms with Gasteiger partial charge in [-0.3, -0.25) is 0 Å². The minimum atomic E-state index is -0.147. The normalized spacial score (nSPS) is 21.5. The molecule has 1 atom stereocenters. The standard InChI is InChI=1S/C13H18FNO/c14-13-4-1-3-11(9-13)12-5-7-15(10-12)6-2-8-16/h1,3-4,9,12,16H,2,5-8,10H2/t12-/m1/s1. The molecule has 0 saturated carbocycles. The predicted octanol–water partition coefficient (Wildman–Crippen LogP) is 2.00. The van der Waals surface area contributed by atoms with E-state index < -0.39 is 0 Å². The zero-order chi connectivity index (χ0) is 11.4. The van der Waals surface area contributed by atoms with E-state index >= 15 is 0 Å². The molecule has 3 heteroatoms. The average Bonchev–Trinajstić information content (AvgIpc) is 2.75. The van der Waals surface area contributed by atoms with Crippen LogP contribution < -0.4 is 0 Å². The highest BCUT2D eigenvalue weighted by molar-refractivity contribution is 5.22. The fraction of sp³-hybridized carbons (Fsp3) is 0.538. The maximum absolute atomic E-state index is 13.1. The van der Waals surface area contributed by atoms with Gasteiger partial charge in [0.1, 0.15) is 5.82 Å². The molecule has 0 unspecified atom stereocenters. The first-order chi connectivity index (χ1) is 7.79. The van der Waals surface area contributed by atoms with Crippen molar-refractivity contribution < 1.29 is 9.50 Å². The average molecular weight is 223 g/mol. The van der Waals surface area contributed by atoms with Crippen molar-refractivity contribution in [2.24, 2.45) is 0 Å². The first-order valence-electron chi connectivity index (χ1n) is 5.88. The molecule has 0 radical (unpaired) electrons. The SMILES string of the molecule is OCCCN1CC[C@@H](c2cccc(F)c2)C1. The van der Waals surface area contributed by atoms with Gasteiger partial charge in [0.05, 0.1) is 0 Å². The van der Waals surface area contributed by atoms with Gasteiger partial charge in [-0.05, 0) is 43.0 Å². The summed E-state index contributed by atoms with van der Waals surface area (Å²) in [4.78, 5) is 2.34. The van der Waals surface area contributed by atoms with Crippen molar-refractivity contribution in [1.82, 2.24) is 4.90 Å². The van der Waals surface area contributed by atoms with E-state index in [4.69, 9.17) is 5.11 Å². The lowest BCUT2D eigenvalue weighted by Gasteiger charge is -2.15. The van der Waals surface area contributed by atoms with Crippen molar-refractivity contribution in [3.63, 3.8) is 0 Å². The van der Waals surface area contributed by atoms with Crippen molar-refractivity contribution in [2.75, 3.05) is 26.2 Å². The summed E-state index contributed by atoms with van der Waals surface area (Å²) in [7, 11) is 0. The summed E-state index contributed by atoms with van der Waals surface area (Å²) in [6.45, 7) is 3.24. The third-order valence-electron chi connectivity index (χ3n) is 3.22. The number of rotatable bonds is 4. The van der Waals surface area contributed by atoms with Crippen LogP contribution in [0.2, 0.25) is 0 Å². The Morgan fingerprint density at radius 1 is 1.44 bits per heavy atom. The molecule has 2 rings (SSSR count). The number of nitrogens with zero attached hydrogens (tertiary/aromatic N) is 1. The molecule has 0 aliphatic carbocycles. The summed E-state index contributed by atoms with van der Waals surface area (Å²) in [5, 5.41) is 8.77. The summed E-state index contributed by atoms with van der Waals surface area (Å²) in [6.07, 6.45) is 1.92. The number of halogens is 1. The van der Waals surface area contributed by atoms with Crippen LogP contribution in [-0.4, -0.2) is 36.2 Å². The van der Waals surface area contributed by atoms with Gasteiger partial charge in [-0.15, -0.1) is 0 Å². The molecule has 1 aromatic carbocycles. The van der Waals surface area contributed by atoms with Crippen molar-refractivity contribution in [3.8, 4) is 0 Å². The summed E-state index contributed by atoms with van der Waals surface area (Å²) in [6, 6.07) is 6.91. The number of hydrogen-bond donors (Lipinski definition) is 1. The Morgan fingerprint density at radius 3 is 3.06 bits per heavy atom. The zero-order valence-electron chi connectivity index (χ0n) is 9.40. The second-order valence-electron chi connectivity index (χ2n) is 4.42. The molecule has 0 amide bonds. The van der Waals surface area contributed by atoms with Crippen LogP contribution in [0.3, 0.4) is 0 Å². The Morgan fingerprint density at radius 2 is 2.31 bits per heavy atom. The smallest absolute Gasteiger partial charge is 0.123 e. The number of aliphatic hydroxyl groups is 1. The first kappa shape index (κ1) is 11.6. The van der Waals surface area contributed by atoms with Crippen LogP contribution in [0.5, 0.6) is 0 Å². The molecule has 2 nitrogen and oxygen atoms in total. The lowest BCUT2D eigenvalue weighted by Crippen LogP contribution is -2.22. The number of hydrogen-bond acceptors (Lipinski definition) is 2. The highest BCUT2D eigenvalue weighted by atomic mass is 19.1. The quantitative estimate of drug-likeness (QED) is 0.844. The third kappa shape index (κ3) is 2.80. The Balaban J connectivity index is 1.93. The maximum Gasteiger partial charge on any atom is 0.123 e. The molecule has 16 heavy (non-hydrogen) atoms. The molecule has 0 aromatic heterocycles. The molecular weight excluding hydrogens is 205 g/mol. The maximum atomic E-state index is 13.1. The van der Waals surface area contributed by atoms with Gasteiger partial charge in [-0.1, -0.05) is 12.1 Å². The van der Waals surface area contributed by atoms with Crippen LogP contribution in [0.25, 0.3) is 0 Å². The second kappa shape index (κ2) is 5.41. The van der Waals surface area contributed by atoms with Crippen molar-refractivity contribution >= 4 is 0 Å². The van der Waals surface area contributed by atoms with Crippen LogP contribution in [0.4, 0.5) is 4.39 Å².